The molecule has 1 aliphatic carbocycles. The third-order valence-corrected chi connectivity index (χ3v) is 10.6. The lowest BCUT2D eigenvalue weighted by Crippen LogP contribution is -2.31. The fourth-order valence-electron chi connectivity index (χ4n) is 7.66. The minimum absolute atomic E-state index is 0.00567. The number of ether oxygens (including phenoxy) is 6. The van der Waals surface area contributed by atoms with Gasteiger partial charge < -0.3 is 28.4 Å². The van der Waals surface area contributed by atoms with E-state index in [-0.39, 0.29) is 54.8 Å². The Bertz CT molecular complexity index is 1340. The van der Waals surface area contributed by atoms with Gasteiger partial charge in [0.25, 0.3) is 0 Å². The fourth-order valence-corrected chi connectivity index (χ4v) is 7.66. The zero-order valence-electron chi connectivity index (χ0n) is 32.1. The van der Waals surface area contributed by atoms with Crippen LogP contribution in [0.5, 0.6) is 0 Å². The summed E-state index contributed by atoms with van der Waals surface area (Å²) >= 11 is 0. The van der Waals surface area contributed by atoms with Gasteiger partial charge in [-0.25, -0.2) is 0 Å². The van der Waals surface area contributed by atoms with Crippen molar-refractivity contribution in [2.24, 2.45) is 11.8 Å². The molecule has 2 aromatic carbocycles. The Hall–Kier alpha value is -2.91. The normalized spacial score (nSPS) is 27.7. The highest BCUT2D eigenvalue weighted by Gasteiger charge is 2.42. The number of rotatable bonds is 17. The standard InChI is InChI=1S/C29H40O5.C17H24O2/c1-2-10-24-25(27(21-26(24)30)34-29-14-7-9-20-32-29)18-17-23(33-28-13-6-8-19-31-28)16-15-22-11-4-3-5-12-22;1-2-8-16(19-17-11-6-7-14-18-17)13-12-15-9-4-3-5-10-15/h2-5,11-12,17-18,23-25,27-29H,1,6-10,13-16,19-21H2;2-5,8-10,16-17H,6-7,11-14H2,1H3/b18-17+;8-2+/t23-,24+,25+,27+,28?,29?;16-,17?/m01/s1. The maximum absolute atomic E-state index is 12.8. The van der Waals surface area contributed by atoms with Gasteiger partial charge in [-0.1, -0.05) is 91.0 Å². The summed E-state index contributed by atoms with van der Waals surface area (Å²) in [6.07, 6.45) is 24.6. The average molecular weight is 729 g/mol. The van der Waals surface area contributed by atoms with Crippen molar-refractivity contribution < 1.29 is 33.2 Å². The summed E-state index contributed by atoms with van der Waals surface area (Å²) in [5.74, 6) is 0.168. The van der Waals surface area contributed by atoms with E-state index >= 15 is 0 Å². The first-order valence-electron chi connectivity index (χ1n) is 20.4. The SMILES string of the molecule is C/C=C/[C@H](CCc1ccccc1)OC1CCCCO1.C=CC[C@H]1C(=O)C[C@@H](OC2CCCCO2)[C@@H]1/C=C/[C@H](CCc1ccccc1)OC1CCCCO1. The number of carbonyl (C=O) groups excluding carboxylic acids is 1. The highest BCUT2D eigenvalue weighted by molar-refractivity contribution is 5.85. The summed E-state index contributed by atoms with van der Waals surface area (Å²) < 4.78 is 36.1. The predicted octanol–water partition coefficient (Wildman–Crippen LogP) is 9.89. The van der Waals surface area contributed by atoms with Gasteiger partial charge in [-0.15, -0.1) is 6.58 Å². The Morgan fingerprint density at radius 3 is 1.70 bits per heavy atom. The Balaban J connectivity index is 0.000000241. The number of aryl methyl sites for hydroxylation is 2. The van der Waals surface area contributed by atoms with Gasteiger partial charge in [0.15, 0.2) is 18.9 Å². The van der Waals surface area contributed by atoms with E-state index in [0.29, 0.717) is 12.8 Å². The van der Waals surface area contributed by atoms with Crippen molar-refractivity contribution >= 4 is 5.78 Å². The van der Waals surface area contributed by atoms with Gasteiger partial charge in [-0.2, -0.15) is 0 Å². The number of benzene rings is 2. The van der Waals surface area contributed by atoms with Crippen LogP contribution in [-0.2, 0) is 46.1 Å². The van der Waals surface area contributed by atoms with Crippen LogP contribution in [-0.4, -0.2) is 62.8 Å². The van der Waals surface area contributed by atoms with Crippen molar-refractivity contribution in [3.05, 3.63) is 109 Å². The summed E-state index contributed by atoms with van der Waals surface area (Å²) in [5.41, 5.74) is 2.66. The molecule has 0 spiro atoms. The molecule has 3 heterocycles. The molecule has 3 saturated heterocycles. The molecule has 0 bridgehead atoms. The molecular weight excluding hydrogens is 664 g/mol. The van der Waals surface area contributed by atoms with Gasteiger partial charge in [0.1, 0.15) is 5.78 Å². The highest BCUT2D eigenvalue weighted by atomic mass is 16.7. The molecule has 0 amide bonds. The van der Waals surface area contributed by atoms with Gasteiger partial charge in [-0.3, -0.25) is 4.79 Å². The number of hydrogen-bond donors (Lipinski definition) is 0. The first-order valence-corrected chi connectivity index (χ1v) is 20.4. The minimum atomic E-state index is -0.203. The van der Waals surface area contributed by atoms with E-state index < -0.39 is 0 Å². The van der Waals surface area contributed by atoms with Gasteiger partial charge in [-0.05, 0) is 108 Å². The molecule has 8 atom stereocenters. The Morgan fingerprint density at radius 1 is 0.717 bits per heavy atom. The van der Waals surface area contributed by atoms with Crippen LogP contribution < -0.4 is 0 Å². The smallest absolute Gasteiger partial charge is 0.158 e. The van der Waals surface area contributed by atoms with Crippen LogP contribution in [0.2, 0.25) is 0 Å². The molecule has 290 valence electrons. The number of carbonyl (C=O) groups is 1. The number of Topliss-reactive ketones (excluding diaryl/α,β-unsaturated/α-hetero) is 1. The maximum Gasteiger partial charge on any atom is 0.158 e. The van der Waals surface area contributed by atoms with Crippen LogP contribution in [0.3, 0.4) is 0 Å². The minimum Gasteiger partial charge on any atom is -0.353 e. The van der Waals surface area contributed by atoms with Crippen molar-refractivity contribution in [1.82, 2.24) is 0 Å². The first-order chi connectivity index (χ1) is 26.1. The zero-order valence-corrected chi connectivity index (χ0v) is 32.1. The Kier molecular flexibility index (Phi) is 18.5. The second-order valence-corrected chi connectivity index (χ2v) is 14.7. The van der Waals surface area contributed by atoms with E-state index in [1.54, 1.807) is 0 Å². The monoisotopic (exact) mass is 728 g/mol. The number of ketones is 1. The lowest BCUT2D eigenvalue weighted by molar-refractivity contribution is -0.192. The highest BCUT2D eigenvalue weighted by Crippen LogP contribution is 2.37. The number of allylic oxidation sites excluding steroid dienone is 2. The first kappa shape index (κ1) is 41.3. The Labute approximate surface area is 319 Å². The molecule has 7 nitrogen and oxygen atoms in total. The molecule has 4 fully saturated rings. The van der Waals surface area contributed by atoms with Gasteiger partial charge in [0, 0.05) is 38.1 Å². The van der Waals surface area contributed by atoms with E-state index in [1.165, 1.54) is 17.5 Å². The predicted molar refractivity (Wildman–Crippen MR) is 210 cm³/mol. The van der Waals surface area contributed by atoms with Crippen LogP contribution in [0, 0.1) is 11.8 Å². The molecule has 4 aliphatic rings. The third-order valence-electron chi connectivity index (χ3n) is 10.6. The number of hydrogen-bond acceptors (Lipinski definition) is 7. The van der Waals surface area contributed by atoms with Crippen LogP contribution in [0.4, 0.5) is 0 Å². The van der Waals surface area contributed by atoms with E-state index in [2.05, 4.69) is 85.5 Å². The molecule has 3 unspecified atom stereocenters. The summed E-state index contributed by atoms with van der Waals surface area (Å²) in [4.78, 5) is 12.8. The largest absolute Gasteiger partial charge is 0.353 e. The van der Waals surface area contributed by atoms with Gasteiger partial charge in [0.05, 0.1) is 18.3 Å². The van der Waals surface area contributed by atoms with Crippen LogP contribution >= 0.6 is 0 Å². The summed E-state index contributed by atoms with van der Waals surface area (Å²) in [5, 5.41) is 0. The van der Waals surface area contributed by atoms with Crippen molar-refractivity contribution in [3.8, 4) is 0 Å². The van der Waals surface area contributed by atoms with E-state index in [0.717, 1.165) is 96.9 Å². The van der Waals surface area contributed by atoms with Crippen LogP contribution in [0.15, 0.2) is 97.6 Å². The molecule has 3 aliphatic heterocycles. The van der Waals surface area contributed by atoms with Crippen molar-refractivity contribution in [3.63, 3.8) is 0 Å². The zero-order chi connectivity index (χ0) is 36.9. The molecule has 53 heavy (non-hydrogen) atoms. The van der Waals surface area contributed by atoms with Crippen LogP contribution in [0.25, 0.3) is 0 Å². The summed E-state index contributed by atoms with van der Waals surface area (Å²) in [6.45, 7) is 8.26. The second-order valence-electron chi connectivity index (χ2n) is 14.7. The lowest BCUT2D eigenvalue weighted by atomic mass is 9.90. The van der Waals surface area contributed by atoms with Crippen LogP contribution in [0.1, 0.15) is 102 Å². The summed E-state index contributed by atoms with van der Waals surface area (Å²) in [6, 6.07) is 21.1. The van der Waals surface area contributed by atoms with E-state index in [1.807, 2.05) is 19.1 Å². The van der Waals surface area contributed by atoms with E-state index in [9.17, 15) is 4.79 Å². The quantitative estimate of drug-likeness (QED) is 0.150. The second kappa shape index (κ2) is 23.8. The molecule has 7 heteroatoms. The molecule has 6 rings (SSSR count). The van der Waals surface area contributed by atoms with Crippen molar-refractivity contribution in [1.29, 1.82) is 0 Å². The molecular formula is C46H64O7. The molecule has 0 radical (unpaired) electrons. The Morgan fingerprint density at radius 2 is 1.23 bits per heavy atom. The molecule has 0 N–H and O–H groups in total. The molecule has 0 aromatic heterocycles. The lowest BCUT2D eigenvalue weighted by Gasteiger charge is -2.29. The topological polar surface area (TPSA) is 72.5 Å². The summed E-state index contributed by atoms with van der Waals surface area (Å²) in [7, 11) is 0. The third kappa shape index (κ3) is 14.7. The van der Waals surface area contributed by atoms with E-state index in [4.69, 9.17) is 28.4 Å². The van der Waals surface area contributed by atoms with Gasteiger partial charge >= 0.3 is 0 Å². The molecule has 2 aromatic rings. The fraction of sp³-hybridized carbons (Fsp3) is 0.587. The van der Waals surface area contributed by atoms with Gasteiger partial charge in [0.2, 0.25) is 0 Å². The molecule has 1 saturated carbocycles. The van der Waals surface area contributed by atoms with Crippen molar-refractivity contribution in [2.45, 2.75) is 140 Å². The maximum atomic E-state index is 12.8. The average Bonchev–Trinajstić information content (AvgIpc) is 3.49. The van der Waals surface area contributed by atoms with Crippen molar-refractivity contribution in [2.75, 3.05) is 19.8 Å².